The predicted octanol–water partition coefficient (Wildman–Crippen LogP) is 2.08. The Kier molecular flexibility index (Phi) is 4.42. The summed E-state index contributed by atoms with van der Waals surface area (Å²) in [6.07, 6.45) is 1.27. The van der Waals surface area contributed by atoms with Crippen molar-refractivity contribution in [2.75, 3.05) is 7.11 Å². The molecule has 0 saturated carbocycles. The van der Waals surface area contributed by atoms with E-state index in [-0.39, 0.29) is 12.2 Å². The number of hydrogen-bond acceptors (Lipinski definition) is 3. The van der Waals surface area contributed by atoms with E-state index in [4.69, 9.17) is 4.74 Å². The number of methoxy groups -OCH3 is 1. The van der Waals surface area contributed by atoms with Crippen LogP contribution in [0.25, 0.3) is 0 Å². The van der Waals surface area contributed by atoms with Crippen LogP contribution in [0.4, 0.5) is 0 Å². The van der Waals surface area contributed by atoms with E-state index in [1.807, 2.05) is 6.92 Å². The maximum atomic E-state index is 9.59. The van der Waals surface area contributed by atoms with E-state index in [2.05, 4.69) is 16.8 Å². The first kappa shape index (κ1) is 10.7. The third kappa shape index (κ3) is 3.46. The van der Waals surface area contributed by atoms with Crippen molar-refractivity contribution >= 4 is 11.3 Å². The van der Waals surface area contributed by atoms with Gasteiger partial charge in [0.1, 0.15) is 0 Å². The Morgan fingerprint density at radius 2 is 2.38 bits per heavy atom. The van der Waals surface area contributed by atoms with Gasteiger partial charge in [0.25, 0.3) is 0 Å². The minimum Gasteiger partial charge on any atom is -0.390 e. The standard InChI is InChI=1S/C10H16O2S/c1-8(12-2)10(11)4-3-9-5-6-13-7-9/h5-8,10-11H,3-4H2,1-2H3. The van der Waals surface area contributed by atoms with Crippen LogP contribution in [0, 0.1) is 0 Å². The molecular formula is C10H16O2S. The van der Waals surface area contributed by atoms with Crippen molar-refractivity contribution < 1.29 is 9.84 Å². The highest BCUT2D eigenvalue weighted by Gasteiger charge is 2.12. The van der Waals surface area contributed by atoms with E-state index < -0.39 is 0 Å². The summed E-state index contributed by atoms with van der Waals surface area (Å²) in [5, 5.41) is 13.8. The summed E-state index contributed by atoms with van der Waals surface area (Å²) in [6.45, 7) is 1.89. The zero-order valence-electron chi connectivity index (χ0n) is 8.06. The van der Waals surface area contributed by atoms with Gasteiger partial charge < -0.3 is 9.84 Å². The van der Waals surface area contributed by atoms with Crippen LogP contribution in [0.1, 0.15) is 18.9 Å². The fourth-order valence-corrected chi connectivity index (χ4v) is 1.84. The van der Waals surface area contributed by atoms with Crippen molar-refractivity contribution in [1.29, 1.82) is 0 Å². The van der Waals surface area contributed by atoms with E-state index in [0.717, 1.165) is 12.8 Å². The van der Waals surface area contributed by atoms with Gasteiger partial charge in [0.2, 0.25) is 0 Å². The lowest BCUT2D eigenvalue weighted by atomic mass is 10.1. The van der Waals surface area contributed by atoms with E-state index in [0.29, 0.717) is 0 Å². The molecule has 0 fully saturated rings. The van der Waals surface area contributed by atoms with Crippen LogP contribution in [-0.4, -0.2) is 24.4 Å². The normalized spacial score (nSPS) is 15.6. The monoisotopic (exact) mass is 200 g/mol. The molecule has 0 amide bonds. The van der Waals surface area contributed by atoms with Gasteiger partial charge in [-0.25, -0.2) is 0 Å². The second-order valence-electron chi connectivity index (χ2n) is 3.18. The van der Waals surface area contributed by atoms with Crippen molar-refractivity contribution in [1.82, 2.24) is 0 Å². The molecule has 13 heavy (non-hydrogen) atoms. The van der Waals surface area contributed by atoms with Gasteiger partial charge in [-0.1, -0.05) is 0 Å². The first-order valence-electron chi connectivity index (χ1n) is 4.46. The van der Waals surface area contributed by atoms with Crippen molar-refractivity contribution in [3.8, 4) is 0 Å². The first-order valence-corrected chi connectivity index (χ1v) is 5.40. The molecule has 0 aromatic carbocycles. The Hall–Kier alpha value is -0.380. The quantitative estimate of drug-likeness (QED) is 0.788. The average Bonchev–Trinajstić information content (AvgIpc) is 2.65. The van der Waals surface area contributed by atoms with E-state index in [1.54, 1.807) is 18.4 Å². The first-order chi connectivity index (χ1) is 6.24. The molecule has 1 aromatic rings. The van der Waals surface area contributed by atoms with Crippen LogP contribution < -0.4 is 0 Å². The van der Waals surface area contributed by atoms with Gasteiger partial charge in [-0.05, 0) is 42.2 Å². The lowest BCUT2D eigenvalue weighted by Crippen LogP contribution is -2.25. The fraction of sp³-hybridized carbons (Fsp3) is 0.600. The molecular weight excluding hydrogens is 184 g/mol. The van der Waals surface area contributed by atoms with Crippen LogP contribution in [0.2, 0.25) is 0 Å². The molecule has 3 heteroatoms. The molecule has 0 spiro atoms. The predicted molar refractivity (Wildman–Crippen MR) is 55.1 cm³/mol. The Labute approximate surface area is 83.2 Å². The molecule has 0 aliphatic rings. The van der Waals surface area contributed by atoms with Crippen molar-refractivity contribution in [2.45, 2.75) is 32.0 Å². The Bertz CT molecular complexity index is 221. The number of aliphatic hydroxyl groups excluding tert-OH is 1. The highest BCUT2D eigenvalue weighted by molar-refractivity contribution is 7.07. The molecule has 0 aliphatic carbocycles. The molecule has 0 aliphatic heterocycles. The fourth-order valence-electron chi connectivity index (χ4n) is 1.14. The second kappa shape index (κ2) is 5.37. The summed E-state index contributed by atoms with van der Waals surface area (Å²) in [7, 11) is 1.62. The Morgan fingerprint density at radius 1 is 1.62 bits per heavy atom. The molecule has 1 N–H and O–H groups in total. The SMILES string of the molecule is COC(C)C(O)CCc1ccsc1. The lowest BCUT2D eigenvalue weighted by Gasteiger charge is -2.16. The van der Waals surface area contributed by atoms with Crippen LogP contribution in [0.5, 0.6) is 0 Å². The molecule has 2 atom stereocenters. The maximum absolute atomic E-state index is 9.59. The van der Waals surface area contributed by atoms with Crippen molar-refractivity contribution in [2.24, 2.45) is 0 Å². The summed E-state index contributed by atoms with van der Waals surface area (Å²) >= 11 is 1.69. The zero-order valence-corrected chi connectivity index (χ0v) is 8.88. The highest BCUT2D eigenvalue weighted by Crippen LogP contribution is 2.11. The largest absolute Gasteiger partial charge is 0.390 e. The minimum absolute atomic E-state index is 0.0707. The molecule has 1 heterocycles. The van der Waals surface area contributed by atoms with Gasteiger partial charge >= 0.3 is 0 Å². The number of ether oxygens (including phenoxy) is 1. The van der Waals surface area contributed by atoms with Crippen LogP contribution in [0.3, 0.4) is 0 Å². The topological polar surface area (TPSA) is 29.5 Å². The van der Waals surface area contributed by atoms with Gasteiger partial charge in [0.15, 0.2) is 0 Å². The second-order valence-corrected chi connectivity index (χ2v) is 3.96. The molecule has 0 saturated heterocycles. The third-order valence-corrected chi connectivity index (χ3v) is 2.95. The van der Waals surface area contributed by atoms with E-state index in [9.17, 15) is 5.11 Å². The molecule has 1 aromatic heterocycles. The summed E-state index contributed by atoms with van der Waals surface area (Å²) in [4.78, 5) is 0. The molecule has 74 valence electrons. The van der Waals surface area contributed by atoms with Crippen LogP contribution >= 0.6 is 11.3 Å². The summed E-state index contributed by atoms with van der Waals surface area (Å²) in [6, 6.07) is 2.09. The average molecular weight is 200 g/mol. The van der Waals surface area contributed by atoms with Gasteiger partial charge in [-0.3, -0.25) is 0 Å². The van der Waals surface area contributed by atoms with Crippen LogP contribution in [0.15, 0.2) is 16.8 Å². The van der Waals surface area contributed by atoms with Gasteiger partial charge in [0, 0.05) is 7.11 Å². The smallest absolute Gasteiger partial charge is 0.0802 e. The van der Waals surface area contributed by atoms with Crippen LogP contribution in [-0.2, 0) is 11.2 Å². The summed E-state index contributed by atoms with van der Waals surface area (Å²) in [5.41, 5.74) is 1.30. The zero-order chi connectivity index (χ0) is 9.68. The molecule has 2 nitrogen and oxygen atoms in total. The van der Waals surface area contributed by atoms with Gasteiger partial charge in [-0.2, -0.15) is 11.3 Å². The van der Waals surface area contributed by atoms with Gasteiger partial charge in [0.05, 0.1) is 12.2 Å². The van der Waals surface area contributed by atoms with E-state index in [1.165, 1.54) is 5.56 Å². The number of thiophene rings is 1. The number of hydrogen-bond donors (Lipinski definition) is 1. The molecule has 0 radical (unpaired) electrons. The number of aryl methyl sites for hydroxylation is 1. The summed E-state index contributed by atoms with van der Waals surface area (Å²) in [5.74, 6) is 0. The number of rotatable bonds is 5. The van der Waals surface area contributed by atoms with Gasteiger partial charge in [-0.15, -0.1) is 0 Å². The molecule has 1 rings (SSSR count). The van der Waals surface area contributed by atoms with E-state index >= 15 is 0 Å². The lowest BCUT2D eigenvalue weighted by molar-refractivity contribution is -0.00392. The third-order valence-electron chi connectivity index (χ3n) is 2.22. The highest BCUT2D eigenvalue weighted by atomic mass is 32.1. The van der Waals surface area contributed by atoms with Crippen molar-refractivity contribution in [3.63, 3.8) is 0 Å². The summed E-state index contributed by atoms with van der Waals surface area (Å²) < 4.78 is 5.03. The Balaban J connectivity index is 2.26. The maximum Gasteiger partial charge on any atom is 0.0802 e. The molecule has 2 unspecified atom stereocenters. The Morgan fingerprint density at radius 3 is 2.92 bits per heavy atom. The van der Waals surface area contributed by atoms with Crippen molar-refractivity contribution in [3.05, 3.63) is 22.4 Å². The molecule has 0 bridgehead atoms. The minimum atomic E-state index is -0.357. The number of aliphatic hydroxyl groups is 1.